The van der Waals surface area contributed by atoms with Crippen molar-refractivity contribution < 1.29 is 14.6 Å². The van der Waals surface area contributed by atoms with Gasteiger partial charge in [-0.3, -0.25) is 0 Å². The second-order valence-corrected chi connectivity index (χ2v) is 11.4. The van der Waals surface area contributed by atoms with Gasteiger partial charge in [-0.25, -0.2) is 0 Å². The van der Waals surface area contributed by atoms with Crippen LogP contribution in [0.1, 0.15) is 94.5 Å². The summed E-state index contributed by atoms with van der Waals surface area (Å²) in [6.07, 6.45) is 11.4. The van der Waals surface area contributed by atoms with Crippen LogP contribution in [-0.2, 0) is 9.47 Å². The van der Waals surface area contributed by atoms with Crippen LogP contribution >= 0.6 is 0 Å². The van der Waals surface area contributed by atoms with Gasteiger partial charge in [-0.15, -0.1) is 0 Å². The molecule has 1 N–H and O–H groups in total. The minimum absolute atomic E-state index is 0.0705. The number of rotatable bonds is 7. The quantitative estimate of drug-likeness (QED) is 0.438. The first-order valence-electron chi connectivity index (χ1n) is 13.8. The number of hydrogen-bond donors (Lipinski definition) is 1. The van der Waals surface area contributed by atoms with Crippen LogP contribution < -0.4 is 0 Å². The van der Waals surface area contributed by atoms with Crippen LogP contribution in [0.25, 0.3) is 0 Å². The van der Waals surface area contributed by atoms with Crippen molar-refractivity contribution >= 4 is 0 Å². The molecule has 4 aliphatic rings. The van der Waals surface area contributed by atoms with Crippen LogP contribution in [0, 0.1) is 23.2 Å². The molecule has 3 nitrogen and oxygen atoms in total. The van der Waals surface area contributed by atoms with Crippen LogP contribution in [0.3, 0.4) is 0 Å². The first-order valence-corrected chi connectivity index (χ1v) is 13.8. The third kappa shape index (κ3) is 3.42. The highest BCUT2D eigenvalue weighted by Crippen LogP contribution is 2.74. The van der Waals surface area contributed by atoms with Crippen LogP contribution in [-0.4, -0.2) is 17.0 Å². The molecule has 182 valence electrons. The number of hydrogen-bond acceptors (Lipinski definition) is 3. The summed E-state index contributed by atoms with van der Waals surface area (Å²) in [5, 5.41) is 12.3. The van der Waals surface area contributed by atoms with E-state index in [-0.39, 0.29) is 29.8 Å². The van der Waals surface area contributed by atoms with Gasteiger partial charge in [0, 0.05) is 11.3 Å². The first-order chi connectivity index (χ1) is 16.7. The molecule has 0 bridgehead atoms. The maximum absolute atomic E-state index is 12.3. The molecular weight excluding hydrogens is 420 g/mol. The number of aliphatic hydroxyl groups is 1. The Kier molecular flexibility index (Phi) is 6.08. The molecule has 1 heterocycles. The highest BCUT2D eigenvalue weighted by Gasteiger charge is 2.75. The number of unbranched alkanes of at least 4 members (excludes halogenated alkanes) is 2. The molecule has 2 aromatic rings. The molecule has 2 aromatic carbocycles. The van der Waals surface area contributed by atoms with Gasteiger partial charge in [0.05, 0.1) is 5.60 Å². The van der Waals surface area contributed by atoms with Crippen molar-refractivity contribution in [1.82, 2.24) is 0 Å². The molecule has 0 radical (unpaired) electrons. The summed E-state index contributed by atoms with van der Waals surface area (Å²) in [5.41, 5.74) is 1.79. The van der Waals surface area contributed by atoms with Crippen molar-refractivity contribution in [2.45, 2.75) is 95.2 Å². The smallest absolute Gasteiger partial charge is 0.165 e. The minimum atomic E-state index is -0.632. The van der Waals surface area contributed by atoms with Crippen LogP contribution in [0.2, 0.25) is 0 Å². The van der Waals surface area contributed by atoms with Crippen molar-refractivity contribution in [2.24, 2.45) is 23.2 Å². The molecule has 5 unspecified atom stereocenters. The Hall–Kier alpha value is -1.68. The fraction of sp³-hybridized carbons (Fsp3) is 0.613. The third-order valence-electron chi connectivity index (χ3n) is 9.97. The van der Waals surface area contributed by atoms with E-state index >= 15 is 0 Å². The maximum atomic E-state index is 12.3. The molecule has 1 saturated heterocycles. The van der Waals surface area contributed by atoms with Gasteiger partial charge in [-0.2, -0.15) is 0 Å². The Balaban J connectivity index is 1.36. The van der Waals surface area contributed by atoms with Crippen LogP contribution in [0.15, 0.2) is 60.7 Å². The van der Waals surface area contributed by atoms with Crippen molar-refractivity contribution in [3.8, 4) is 0 Å². The summed E-state index contributed by atoms with van der Waals surface area (Å²) in [6.45, 7) is 2.28. The lowest BCUT2D eigenvalue weighted by Gasteiger charge is -2.58. The van der Waals surface area contributed by atoms with Gasteiger partial charge in [0.15, 0.2) is 6.29 Å². The average Bonchev–Trinajstić information content (AvgIpc) is 3.38. The van der Waals surface area contributed by atoms with Crippen molar-refractivity contribution in [3.05, 3.63) is 71.8 Å². The molecule has 3 heteroatoms. The Labute approximate surface area is 204 Å². The number of benzene rings is 2. The van der Waals surface area contributed by atoms with Crippen molar-refractivity contribution in [2.75, 3.05) is 0 Å². The molecule has 0 aromatic heterocycles. The van der Waals surface area contributed by atoms with Gasteiger partial charge in [0.25, 0.3) is 0 Å². The lowest BCUT2D eigenvalue weighted by Crippen LogP contribution is -2.61. The molecule has 1 aliphatic heterocycles. The lowest BCUT2D eigenvalue weighted by molar-refractivity contribution is -0.237. The van der Waals surface area contributed by atoms with E-state index in [4.69, 9.17) is 9.47 Å². The molecule has 1 spiro atoms. The van der Waals surface area contributed by atoms with Crippen LogP contribution in [0.5, 0.6) is 0 Å². The third-order valence-corrected chi connectivity index (χ3v) is 9.97. The van der Waals surface area contributed by atoms with Gasteiger partial charge >= 0.3 is 0 Å². The van der Waals surface area contributed by atoms with Gasteiger partial charge in [-0.05, 0) is 55.1 Å². The van der Waals surface area contributed by atoms with E-state index < -0.39 is 5.60 Å². The summed E-state index contributed by atoms with van der Waals surface area (Å²) in [5.74, 6) is 1.19. The molecule has 6 rings (SSSR count). The largest absolute Gasteiger partial charge is 0.389 e. The van der Waals surface area contributed by atoms with Gasteiger partial charge in [0.2, 0.25) is 0 Å². The highest BCUT2D eigenvalue weighted by molar-refractivity contribution is 5.28. The maximum Gasteiger partial charge on any atom is 0.165 e. The average molecular weight is 461 g/mol. The van der Waals surface area contributed by atoms with E-state index in [1.54, 1.807) is 0 Å². The molecule has 7 atom stereocenters. The zero-order chi connectivity index (χ0) is 23.2. The van der Waals surface area contributed by atoms with E-state index in [9.17, 15) is 5.11 Å². The van der Waals surface area contributed by atoms with E-state index in [1.807, 2.05) is 0 Å². The minimum Gasteiger partial charge on any atom is -0.389 e. The van der Waals surface area contributed by atoms with E-state index in [0.29, 0.717) is 11.8 Å². The Morgan fingerprint density at radius 1 is 0.824 bits per heavy atom. The molecular formula is C31H40O3. The second-order valence-electron chi connectivity index (χ2n) is 11.4. The van der Waals surface area contributed by atoms with E-state index in [2.05, 4.69) is 67.6 Å². The summed E-state index contributed by atoms with van der Waals surface area (Å²) in [4.78, 5) is 0. The molecule has 34 heavy (non-hydrogen) atoms. The predicted octanol–water partition coefficient (Wildman–Crippen LogP) is 7.37. The summed E-state index contributed by atoms with van der Waals surface area (Å²) < 4.78 is 13.7. The Bertz CT molecular complexity index is 914. The normalized spacial score (nSPS) is 39.4. The van der Waals surface area contributed by atoms with E-state index in [1.165, 1.54) is 57.8 Å². The molecule has 0 amide bonds. The molecule has 4 fully saturated rings. The Morgan fingerprint density at radius 3 is 2.03 bits per heavy atom. The van der Waals surface area contributed by atoms with Gasteiger partial charge in [-0.1, -0.05) is 99.7 Å². The predicted molar refractivity (Wildman–Crippen MR) is 134 cm³/mol. The van der Waals surface area contributed by atoms with E-state index in [0.717, 1.165) is 17.5 Å². The highest BCUT2D eigenvalue weighted by atomic mass is 16.7. The Morgan fingerprint density at radius 2 is 1.47 bits per heavy atom. The SMILES string of the molecule is CCCCCC1C(C2O[C@H](c3ccccc3)[C@@H](c3ccccc3)O2)C2(O)CCC23CCCCC13. The lowest BCUT2D eigenvalue weighted by atomic mass is 9.49. The van der Waals surface area contributed by atoms with Gasteiger partial charge in [0.1, 0.15) is 12.2 Å². The molecule has 3 saturated carbocycles. The monoisotopic (exact) mass is 460 g/mol. The van der Waals surface area contributed by atoms with Crippen LogP contribution in [0.4, 0.5) is 0 Å². The first kappa shape index (κ1) is 22.8. The topological polar surface area (TPSA) is 38.7 Å². The summed E-state index contributed by atoms with van der Waals surface area (Å²) in [7, 11) is 0. The zero-order valence-electron chi connectivity index (χ0n) is 20.6. The van der Waals surface area contributed by atoms with Crippen molar-refractivity contribution in [1.29, 1.82) is 0 Å². The zero-order valence-corrected chi connectivity index (χ0v) is 20.6. The fourth-order valence-electron chi connectivity index (χ4n) is 8.41. The second kappa shape index (κ2) is 9.08. The standard InChI is InChI=1S/C31H40O3/c1-2-3-6-17-24-25-18-11-12-19-30(25)20-21-31(30,32)26(24)29-33-27(22-13-7-4-8-14-22)28(34-29)23-15-9-5-10-16-23/h4-5,7-10,13-16,24-29,32H,2-3,6,11-12,17-21H2,1H3/t24?,25?,26?,27-,28-,30?,31?/m1/s1. The van der Waals surface area contributed by atoms with Crippen molar-refractivity contribution in [3.63, 3.8) is 0 Å². The van der Waals surface area contributed by atoms with Gasteiger partial charge < -0.3 is 14.6 Å². The molecule has 3 aliphatic carbocycles. The summed E-state index contributed by atoms with van der Waals surface area (Å²) >= 11 is 0. The number of ether oxygens (including phenoxy) is 2. The fourth-order valence-corrected chi connectivity index (χ4v) is 8.41. The summed E-state index contributed by atoms with van der Waals surface area (Å²) in [6, 6.07) is 21.1.